The molecule has 4 nitrogen and oxygen atoms in total. The normalized spacial score (nSPS) is 10.6. The van der Waals surface area contributed by atoms with Crippen LogP contribution in [0.5, 0.6) is 5.75 Å². The van der Waals surface area contributed by atoms with Gasteiger partial charge in [-0.1, -0.05) is 25.4 Å². The average molecular weight is 285 g/mol. The van der Waals surface area contributed by atoms with E-state index in [1.54, 1.807) is 25.3 Å². The van der Waals surface area contributed by atoms with Crippen LogP contribution in [0.1, 0.15) is 20.3 Å². The largest absolute Gasteiger partial charge is 0.495 e. The fourth-order valence-corrected chi connectivity index (χ4v) is 1.76. The molecule has 0 aliphatic heterocycles. The number of carbonyl (C=O) groups excluding carboxylic acids is 1. The summed E-state index contributed by atoms with van der Waals surface area (Å²) in [5.74, 6) is 1.13. The predicted molar refractivity (Wildman–Crippen MR) is 79.0 cm³/mol. The van der Waals surface area contributed by atoms with Gasteiger partial charge in [0, 0.05) is 18.0 Å². The molecule has 0 bridgehead atoms. The quantitative estimate of drug-likeness (QED) is 0.757. The molecule has 0 spiro atoms. The van der Waals surface area contributed by atoms with Crippen molar-refractivity contribution in [3.8, 4) is 5.75 Å². The van der Waals surface area contributed by atoms with Crippen molar-refractivity contribution in [3.63, 3.8) is 0 Å². The SMILES string of the molecule is COc1ccc(Cl)cc1NC(=O)CCNCC(C)C. The van der Waals surface area contributed by atoms with Crippen LogP contribution in [0.25, 0.3) is 0 Å². The van der Waals surface area contributed by atoms with Crippen molar-refractivity contribution >= 4 is 23.2 Å². The second-order valence-corrected chi connectivity index (χ2v) is 5.18. The lowest BCUT2D eigenvalue weighted by molar-refractivity contribution is -0.116. The molecule has 1 amide bonds. The Morgan fingerprint density at radius 3 is 2.79 bits per heavy atom. The first-order valence-electron chi connectivity index (χ1n) is 6.37. The van der Waals surface area contributed by atoms with E-state index in [2.05, 4.69) is 24.5 Å². The number of carbonyl (C=O) groups is 1. The Morgan fingerprint density at radius 2 is 2.16 bits per heavy atom. The summed E-state index contributed by atoms with van der Waals surface area (Å²) in [7, 11) is 1.56. The summed E-state index contributed by atoms with van der Waals surface area (Å²) in [6, 6.07) is 5.13. The number of halogens is 1. The minimum atomic E-state index is -0.0585. The predicted octanol–water partition coefficient (Wildman–Crippen LogP) is 2.92. The molecule has 1 rings (SSSR count). The molecular formula is C14H21ClN2O2. The Hall–Kier alpha value is -1.26. The third kappa shape index (κ3) is 5.94. The van der Waals surface area contributed by atoms with Gasteiger partial charge < -0.3 is 15.4 Å². The van der Waals surface area contributed by atoms with Crippen LogP contribution in [-0.4, -0.2) is 26.1 Å². The van der Waals surface area contributed by atoms with Gasteiger partial charge in [-0.2, -0.15) is 0 Å². The van der Waals surface area contributed by atoms with E-state index >= 15 is 0 Å². The Morgan fingerprint density at radius 1 is 1.42 bits per heavy atom. The standard InChI is InChI=1S/C14H21ClN2O2/c1-10(2)9-16-7-6-14(18)17-12-8-11(15)4-5-13(12)19-3/h4-5,8,10,16H,6-7,9H2,1-3H3,(H,17,18). The number of hydrogen-bond acceptors (Lipinski definition) is 3. The van der Waals surface area contributed by atoms with E-state index in [4.69, 9.17) is 16.3 Å². The van der Waals surface area contributed by atoms with Gasteiger partial charge in [0.15, 0.2) is 0 Å². The Balaban J connectivity index is 2.45. The summed E-state index contributed by atoms with van der Waals surface area (Å²) < 4.78 is 5.17. The van der Waals surface area contributed by atoms with Gasteiger partial charge in [-0.05, 0) is 30.7 Å². The Kier molecular flexibility index (Phi) is 6.67. The highest BCUT2D eigenvalue weighted by Crippen LogP contribution is 2.27. The maximum atomic E-state index is 11.8. The molecule has 5 heteroatoms. The molecule has 0 aliphatic rings. The van der Waals surface area contributed by atoms with Gasteiger partial charge in [-0.25, -0.2) is 0 Å². The molecule has 19 heavy (non-hydrogen) atoms. The fraction of sp³-hybridized carbons (Fsp3) is 0.500. The first-order chi connectivity index (χ1) is 9.02. The van der Waals surface area contributed by atoms with E-state index in [1.165, 1.54) is 0 Å². The van der Waals surface area contributed by atoms with Crippen molar-refractivity contribution < 1.29 is 9.53 Å². The molecular weight excluding hydrogens is 264 g/mol. The van der Waals surface area contributed by atoms with Crippen molar-refractivity contribution in [1.82, 2.24) is 5.32 Å². The van der Waals surface area contributed by atoms with Crippen molar-refractivity contribution in [2.45, 2.75) is 20.3 Å². The number of hydrogen-bond donors (Lipinski definition) is 2. The summed E-state index contributed by atoms with van der Waals surface area (Å²) in [6.07, 6.45) is 0.419. The number of benzene rings is 1. The van der Waals surface area contributed by atoms with E-state index < -0.39 is 0 Å². The third-order valence-corrected chi connectivity index (χ3v) is 2.75. The summed E-state index contributed by atoms with van der Waals surface area (Å²) in [4.78, 5) is 11.8. The van der Waals surface area contributed by atoms with Crippen molar-refractivity contribution in [3.05, 3.63) is 23.2 Å². The van der Waals surface area contributed by atoms with Crippen LogP contribution in [0.4, 0.5) is 5.69 Å². The zero-order valence-electron chi connectivity index (χ0n) is 11.6. The molecule has 0 aromatic heterocycles. The third-order valence-electron chi connectivity index (χ3n) is 2.52. The van der Waals surface area contributed by atoms with Crippen LogP contribution in [0.2, 0.25) is 5.02 Å². The maximum absolute atomic E-state index is 11.8. The van der Waals surface area contributed by atoms with Crippen LogP contribution in [0.15, 0.2) is 18.2 Å². The number of nitrogens with one attached hydrogen (secondary N) is 2. The zero-order valence-corrected chi connectivity index (χ0v) is 12.4. The highest BCUT2D eigenvalue weighted by molar-refractivity contribution is 6.31. The van der Waals surface area contributed by atoms with Gasteiger partial charge in [-0.3, -0.25) is 4.79 Å². The second-order valence-electron chi connectivity index (χ2n) is 4.74. The van der Waals surface area contributed by atoms with Gasteiger partial charge in [0.1, 0.15) is 5.75 Å². The summed E-state index contributed by atoms with van der Waals surface area (Å²) in [5.41, 5.74) is 0.601. The number of methoxy groups -OCH3 is 1. The zero-order chi connectivity index (χ0) is 14.3. The number of amides is 1. The molecule has 106 valence electrons. The van der Waals surface area contributed by atoms with Gasteiger partial charge in [-0.15, -0.1) is 0 Å². The smallest absolute Gasteiger partial charge is 0.225 e. The molecule has 0 aliphatic carbocycles. The van der Waals surface area contributed by atoms with E-state index in [-0.39, 0.29) is 5.91 Å². The molecule has 0 saturated heterocycles. The van der Waals surface area contributed by atoms with Crippen molar-refractivity contribution in [1.29, 1.82) is 0 Å². The Labute approximate surface area is 119 Å². The topological polar surface area (TPSA) is 50.4 Å². The number of anilines is 1. The van der Waals surface area contributed by atoms with E-state index in [0.29, 0.717) is 35.3 Å². The number of ether oxygens (including phenoxy) is 1. The fourth-order valence-electron chi connectivity index (χ4n) is 1.58. The van der Waals surface area contributed by atoms with Gasteiger partial charge in [0.25, 0.3) is 0 Å². The summed E-state index contributed by atoms with van der Waals surface area (Å²) in [6.45, 7) is 5.83. The molecule has 0 atom stereocenters. The average Bonchev–Trinajstić information content (AvgIpc) is 2.35. The maximum Gasteiger partial charge on any atom is 0.225 e. The van der Waals surface area contributed by atoms with Crippen molar-refractivity contribution in [2.24, 2.45) is 5.92 Å². The monoisotopic (exact) mass is 284 g/mol. The molecule has 0 radical (unpaired) electrons. The van der Waals surface area contributed by atoms with Crippen LogP contribution in [-0.2, 0) is 4.79 Å². The first-order valence-corrected chi connectivity index (χ1v) is 6.75. The Bertz CT molecular complexity index is 422. The van der Waals surface area contributed by atoms with Crippen LogP contribution >= 0.6 is 11.6 Å². The summed E-state index contributed by atoms with van der Waals surface area (Å²) in [5, 5.41) is 6.59. The molecule has 0 saturated carbocycles. The lowest BCUT2D eigenvalue weighted by Crippen LogP contribution is -2.25. The first kappa shape index (κ1) is 15.8. The highest BCUT2D eigenvalue weighted by atomic mass is 35.5. The summed E-state index contributed by atoms with van der Waals surface area (Å²) >= 11 is 5.90. The van der Waals surface area contributed by atoms with Crippen LogP contribution < -0.4 is 15.4 Å². The van der Waals surface area contributed by atoms with E-state index in [0.717, 1.165) is 6.54 Å². The van der Waals surface area contributed by atoms with E-state index in [1.807, 2.05) is 0 Å². The van der Waals surface area contributed by atoms with Crippen LogP contribution in [0, 0.1) is 5.92 Å². The molecule has 0 heterocycles. The van der Waals surface area contributed by atoms with Gasteiger partial charge in [0.2, 0.25) is 5.91 Å². The van der Waals surface area contributed by atoms with Crippen molar-refractivity contribution in [2.75, 3.05) is 25.5 Å². The van der Waals surface area contributed by atoms with Crippen LogP contribution in [0.3, 0.4) is 0 Å². The molecule has 0 unspecified atom stereocenters. The molecule has 1 aromatic rings. The molecule has 0 fully saturated rings. The highest BCUT2D eigenvalue weighted by Gasteiger charge is 2.08. The van der Waals surface area contributed by atoms with Gasteiger partial charge in [0.05, 0.1) is 12.8 Å². The minimum Gasteiger partial charge on any atom is -0.495 e. The molecule has 2 N–H and O–H groups in total. The van der Waals surface area contributed by atoms with Gasteiger partial charge >= 0.3 is 0 Å². The lowest BCUT2D eigenvalue weighted by atomic mass is 10.2. The van der Waals surface area contributed by atoms with E-state index in [9.17, 15) is 4.79 Å². The molecule has 1 aromatic carbocycles. The number of rotatable bonds is 7. The minimum absolute atomic E-state index is 0.0585. The lowest BCUT2D eigenvalue weighted by Gasteiger charge is -2.11. The second kappa shape index (κ2) is 8.02.